The number of aromatic nitrogens is 2. The highest BCUT2D eigenvalue weighted by Crippen LogP contribution is 2.54. The number of rotatable bonds is 7. The smallest absolute Gasteiger partial charge is 0.304 e. The van der Waals surface area contributed by atoms with Crippen LogP contribution in [0.3, 0.4) is 0 Å². The molecule has 2 aromatic carbocycles. The predicted octanol–water partition coefficient (Wildman–Crippen LogP) is 6.47. The lowest BCUT2D eigenvalue weighted by Crippen LogP contribution is -2.53. The normalized spacial score (nSPS) is 23.2. The number of halogens is 2. The third-order valence-electron chi connectivity index (χ3n) is 6.78. The van der Waals surface area contributed by atoms with E-state index in [1.54, 1.807) is 31.6 Å². The lowest BCUT2D eigenvalue weighted by Gasteiger charge is -2.51. The number of carboxylic acid groups (broad SMARTS) is 1. The number of benzene rings is 2. The number of piperidine rings is 1. The van der Waals surface area contributed by atoms with E-state index in [0.717, 1.165) is 11.1 Å². The van der Waals surface area contributed by atoms with Crippen LogP contribution in [0.5, 0.6) is 0 Å². The van der Waals surface area contributed by atoms with E-state index in [-0.39, 0.29) is 24.3 Å². The summed E-state index contributed by atoms with van der Waals surface area (Å²) >= 11 is 12.6. The highest BCUT2D eigenvalue weighted by atomic mass is 35.5. The van der Waals surface area contributed by atoms with Crippen LogP contribution in [-0.2, 0) is 9.59 Å². The molecule has 2 heterocycles. The zero-order chi connectivity index (χ0) is 25.2. The maximum absolute atomic E-state index is 14.2. The molecular weight excluding hydrogens is 485 g/mol. The maximum Gasteiger partial charge on any atom is 0.304 e. The van der Waals surface area contributed by atoms with Crippen LogP contribution in [0.15, 0.2) is 67.1 Å². The molecular formula is C27H27Cl2N3O3. The van der Waals surface area contributed by atoms with Gasteiger partial charge in [-0.2, -0.15) is 0 Å². The van der Waals surface area contributed by atoms with Crippen molar-refractivity contribution in [2.45, 2.75) is 51.1 Å². The summed E-state index contributed by atoms with van der Waals surface area (Å²) in [6.45, 7) is 3.73. The Morgan fingerprint density at radius 1 is 1.14 bits per heavy atom. The summed E-state index contributed by atoms with van der Waals surface area (Å²) in [6, 6.07) is 14.3. The summed E-state index contributed by atoms with van der Waals surface area (Å²) in [5, 5.41) is 10.9. The fraction of sp³-hybridized carbons (Fsp3) is 0.333. The number of carbonyl (C=O) groups excluding carboxylic acids is 1. The third kappa shape index (κ3) is 5.19. The van der Waals surface area contributed by atoms with Gasteiger partial charge in [0.2, 0.25) is 5.91 Å². The molecule has 4 rings (SSSR count). The van der Waals surface area contributed by atoms with Gasteiger partial charge in [0.05, 0.1) is 35.8 Å². The number of carbonyl (C=O) groups is 2. The van der Waals surface area contributed by atoms with Crippen LogP contribution in [0.25, 0.3) is 0 Å². The first kappa shape index (κ1) is 25.1. The second-order valence-corrected chi connectivity index (χ2v) is 10.1. The molecule has 1 aliphatic rings. The molecule has 3 aromatic rings. The first-order valence-corrected chi connectivity index (χ1v) is 12.3. The maximum atomic E-state index is 14.2. The summed E-state index contributed by atoms with van der Waals surface area (Å²) in [5.41, 5.74) is 1.40. The number of hydrogen-bond donors (Lipinski definition) is 1. The van der Waals surface area contributed by atoms with E-state index in [9.17, 15) is 14.7 Å². The highest BCUT2D eigenvalue weighted by molar-refractivity contribution is 6.30. The third-order valence-corrected chi connectivity index (χ3v) is 7.27. The summed E-state index contributed by atoms with van der Waals surface area (Å²) in [7, 11) is 0. The van der Waals surface area contributed by atoms with Crippen molar-refractivity contribution in [2.24, 2.45) is 5.41 Å². The summed E-state index contributed by atoms with van der Waals surface area (Å²) in [4.78, 5) is 36.7. The number of amides is 1. The van der Waals surface area contributed by atoms with E-state index in [1.165, 1.54) is 0 Å². The molecule has 0 radical (unpaired) electrons. The van der Waals surface area contributed by atoms with Gasteiger partial charge < -0.3 is 10.0 Å². The van der Waals surface area contributed by atoms with Crippen LogP contribution in [0, 0.1) is 5.41 Å². The van der Waals surface area contributed by atoms with Gasteiger partial charge in [0.25, 0.3) is 0 Å². The zero-order valence-electron chi connectivity index (χ0n) is 19.6. The van der Waals surface area contributed by atoms with E-state index in [0.29, 0.717) is 28.6 Å². The number of nitrogens with zero attached hydrogens (tertiary/aromatic N) is 3. The molecule has 1 saturated heterocycles. The van der Waals surface area contributed by atoms with Crippen LogP contribution in [0.2, 0.25) is 10.0 Å². The van der Waals surface area contributed by atoms with E-state index in [1.807, 2.05) is 54.3 Å². The van der Waals surface area contributed by atoms with Crippen molar-refractivity contribution in [1.29, 1.82) is 0 Å². The summed E-state index contributed by atoms with van der Waals surface area (Å²) < 4.78 is 0. The first-order chi connectivity index (χ1) is 16.7. The number of likely N-dealkylation sites (tertiary alicyclic amines) is 1. The van der Waals surface area contributed by atoms with Crippen LogP contribution < -0.4 is 0 Å². The molecule has 35 heavy (non-hydrogen) atoms. The molecule has 4 atom stereocenters. The first-order valence-electron chi connectivity index (χ1n) is 11.5. The van der Waals surface area contributed by atoms with Crippen LogP contribution in [-0.4, -0.2) is 31.9 Å². The topological polar surface area (TPSA) is 83.4 Å². The Morgan fingerprint density at radius 3 is 2.49 bits per heavy atom. The van der Waals surface area contributed by atoms with Crippen molar-refractivity contribution in [3.05, 3.63) is 94.0 Å². The lowest BCUT2D eigenvalue weighted by atomic mass is 9.67. The van der Waals surface area contributed by atoms with Gasteiger partial charge in [-0.15, -0.1) is 0 Å². The molecule has 1 fully saturated rings. The minimum absolute atomic E-state index is 0.206. The molecule has 0 bridgehead atoms. The molecule has 0 spiro atoms. The van der Waals surface area contributed by atoms with Crippen LogP contribution in [0.1, 0.15) is 67.9 Å². The van der Waals surface area contributed by atoms with E-state index in [4.69, 9.17) is 23.2 Å². The lowest BCUT2D eigenvalue weighted by molar-refractivity contribution is -0.161. The standard InChI is InChI=1S/C27H27Cl2N3O3/c1-3-23(22-16-30-11-12-31-22)32-25(17-7-9-19(28)10-8-17)21(18-5-4-6-20(29)13-18)14-27(2,26(32)35)15-24(33)34/h4-13,16,21,23,25H,3,14-15H2,1-2H3,(H,33,34). The van der Waals surface area contributed by atoms with Crippen molar-refractivity contribution < 1.29 is 14.7 Å². The Balaban J connectivity index is 1.95. The molecule has 1 N–H and O–H groups in total. The zero-order valence-corrected chi connectivity index (χ0v) is 21.1. The monoisotopic (exact) mass is 511 g/mol. The van der Waals surface area contributed by atoms with E-state index >= 15 is 0 Å². The molecule has 1 amide bonds. The van der Waals surface area contributed by atoms with Gasteiger partial charge >= 0.3 is 5.97 Å². The second kappa shape index (κ2) is 10.3. The Hall–Kier alpha value is -2.96. The predicted molar refractivity (Wildman–Crippen MR) is 135 cm³/mol. The molecule has 8 heteroatoms. The number of carboxylic acids is 1. The van der Waals surface area contributed by atoms with E-state index in [2.05, 4.69) is 9.97 Å². The van der Waals surface area contributed by atoms with Gasteiger partial charge in [-0.05, 0) is 48.2 Å². The molecule has 0 saturated carbocycles. The molecule has 0 aliphatic carbocycles. The minimum atomic E-state index is -1.11. The second-order valence-electron chi connectivity index (χ2n) is 9.26. The quantitative estimate of drug-likeness (QED) is 0.392. The Bertz CT molecular complexity index is 1210. The summed E-state index contributed by atoms with van der Waals surface area (Å²) in [5.74, 6) is -1.43. The fourth-order valence-electron chi connectivity index (χ4n) is 5.25. The van der Waals surface area contributed by atoms with Gasteiger partial charge in [-0.3, -0.25) is 19.6 Å². The van der Waals surface area contributed by atoms with Crippen molar-refractivity contribution in [1.82, 2.24) is 14.9 Å². The largest absolute Gasteiger partial charge is 0.481 e. The SMILES string of the molecule is CCC(c1cnccn1)N1C(=O)C(C)(CC(=O)O)CC(c2cccc(Cl)c2)C1c1ccc(Cl)cc1. The van der Waals surface area contributed by atoms with Gasteiger partial charge in [0, 0.05) is 28.4 Å². The van der Waals surface area contributed by atoms with Gasteiger partial charge in [-0.1, -0.05) is 61.3 Å². The van der Waals surface area contributed by atoms with Crippen LogP contribution >= 0.6 is 23.2 Å². The van der Waals surface area contributed by atoms with Crippen LogP contribution in [0.4, 0.5) is 0 Å². The van der Waals surface area contributed by atoms with Crippen molar-refractivity contribution in [2.75, 3.05) is 0 Å². The average molecular weight is 512 g/mol. The summed E-state index contributed by atoms with van der Waals surface area (Å²) in [6.07, 6.45) is 5.53. The van der Waals surface area contributed by atoms with Gasteiger partial charge in [0.15, 0.2) is 0 Å². The molecule has 4 unspecified atom stereocenters. The minimum Gasteiger partial charge on any atom is -0.481 e. The van der Waals surface area contributed by atoms with Gasteiger partial charge in [0.1, 0.15) is 0 Å². The number of aliphatic carboxylic acids is 1. The Morgan fingerprint density at radius 2 is 1.89 bits per heavy atom. The molecule has 182 valence electrons. The van der Waals surface area contributed by atoms with Crippen molar-refractivity contribution >= 4 is 35.1 Å². The molecule has 1 aromatic heterocycles. The average Bonchev–Trinajstić information content (AvgIpc) is 2.83. The fourth-order valence-corrected chi connectivity index (χ4v) is 5.58. The number of hydrogen-bond acceptors (Lipinski definition) is 4. The highest BCUT2D eigenvalue weighted by Gasteiger charge is 2.52. The molecule has 1 aliphatic heterocycles. The Labute approximate surface area is 214 Å². The van der Waals surface area contributed by atoms with E-state index < -0.39 is 17.4 Å². The Kier molecular flexibility index (Phi) is 7.43. The van der Waals surface area contributed by atoms with Gasteiger partial charge in [-0.25, -0.2) is 0 Å². The molecule has 6 nitrogen and oxygen atoms in total. The van der Waals surface area contributed by atoms with Crippen molar-refractivity contribution in [3.63, 3.8) is 0 Å². The van der Waals surface area contributed by atoms with Crippen molar-refractivity contribution in [3.8, 4) is 0 Å².